The van der Waals surface area contributed by atoms with Gasteiger partial charge in [0.1, 0.15) is 6.10 Å². The quantitative estimate of drug-likeness (QED) is 0.621. The molecular weight excluding hydrogens is 330 g/mol. The van der Waals surface area contributed by atoms with Crippen LogP contribution < -0.4 is 0 Å². The molecule has 132 valence electrons. The Hall–Kier alpha value is -0.760. The zero-order valence-electron chi connectivity index (χ0n) is 12.8. The summed E-state index contributed by atoms with van der Waals surface area (Å²) in [5, 5.41) is -4.89. The van der Waals surface area contributed by atoms with Crippen LogP contribution in [0.5, 0.6) is 0 Å². The van der Waals surface area contributed by atoms with Crippen molar-refractivity contribution in [1.29, 1.82) is 0 Å². The second-order valence-electron chi connectivity index (χ2n) is 7.22. The van der Waals surface area contributed by atoms with Crippen molar-refractivity contribution in [2.75, 3.05) is 0 Å². The average Bonchev–Trinajstić information content (AvgIpc) is 3.06. The summed E-state index contributed by atoms with van der Waals surface area (Å²) in [6, 6.07) is 0. The van der Waals surface area contributed by atoms with E-state index in [9.17, 15) is 22.0 Å². The van der Waals surface area contributed by atoms with Crippen molar-refractivity contribution in [3.63, 3.8) is 0 Å². The summed E-state index contributed by atoms with van der Waals surface area (Å²) in [5.74, 6) is -0.480. The Morgan fingerprint density at radius 1 is 1.00 bits per heavy atom. The van der Waals surface area contributed by atoms with Crippen LogP contribution in [0.2, 0.25) is 0 Å². The van der Waals surface area contributed by atoms with Gasteiger partial charge < -0.3 is 4.74 Å². The molecule has 0 aromatic heterocycles. The third-order valence-electron chi connectivity index (χ3n) is 5.92. The fourth-order valence-electron chi connectivity index (χ4n) is 4.86. The predicted octanol–water partition coefficient (Wildman–Crippen LogP) is 3.01. The molecule has 0 aromatic rings. The van der Waals surface area contributed by atoms with Crippen molar-refractivity contribution in [1.82, 2.24) is 0 Å². The van der Waals surface area contributed by atoms with E-state index in [4.69, 9.17) is 9.29 Å². The van der Waals surface area contributed by atoms with E-state index in [-0.39, 0.29) is 5.92 Å². The minimum atomic E-state index is -5.79. The molecule has 2 bridgehead atoms. The van der Waals surface area contributed by atoms with Gasteiger partial charge in [0.25, 0.3) is 0 Å². The highest BCUT2D eigenvalue weighted by atomic mass is 32.2. The molecule has 0 heterocycles. The first-order chi connectivity index (χ1) is 10.7. The fourth-order valence-corrected chi connectivity index (χ4v) is 5.12. The second-order valence-corrected chi connectivity index (χ2v) is 8.69. The molecule has 0 aromatic carbocycles. The lowest BCUT2D eigenvalue weighted by atomic mass is 9.72. The Bertz CT molecular complexity index is 570. The maximum Gasteiger partial charge on any atom is 0.465 e. The predicted molar refractivity (Wildman–Crippen MR) is 77.3 cm³/mol. The van der Waals surface area contributed by atoms with Crippen molar-refractivity contribution in [3.8, 4) is 0 Å². The van der Waals surface area contributed by atoms with Gasteiger partial charge in [0, 0.05) is 0 Å². The Kier molecular flexibility index (Phi) is 4.42. The normalized spacial score (nSPS) is 35.4. The first-order valence-corrected chi connectivity index (χ1v) is 9.70. The number of carbonyl (C=O) groups excluding carboxylic acids is 1. The van der Waals surface area contributed by atoms with E-state index in [1.165, 1.54) is 32.1 Å². The highest BCUT2D eigenvalue weighted by Gasteiger charge is 2.57. The van der Waals surface area contributed by atoms with Crippen LogP contribution >= 0.6 is 0 Å². The minimum absolute atomic E-state index is 0.0353. The van der Waals surface area contributed by atoms with Crippen molar-refractivity contribution >= 4 is 16.1 Å². The molecule has 0 amide bonds. The molecule has 0 saturated heterocycles. The van der Waals surface area contributed by atoms with E-state index in [1.54, 1.807) is 0 Å². The molecule has 0 radical (unpaired) electrons. The third-order valence-corrected chi connectivity index (χ3v) is 6.74. The van der Waals surface area contributed by atoms with Gasteiger partial charge in [0.15, 0.2) is 0 Å². The molecule has 1 N–H and O–H groups in total. The molecule has 4 atom stereocenters. The summed E-state index contributed by atoms with van der Waals surface area (Å²) in [6.07, 6.45) is 7.82. The van der Waals surface area contributed by atoms with Crippen LogP contribution in [0.4, 0.5) is 8.78 Å². The van der Waals surface area contributed by atoms with Gasteiger partial charge in [-0.1, -0.05) is 32.1 Å². The zero-order chi connectivity index (χ0) is 16.8. The third kappa shape index (κ3) is 3.12. The van der Waals surface area contributed by atoms with Gasteiger partial charge in [-0.3, -0.25) is 4.55 Å². The first-order valence-electron chi connectivity index (χ1n) is 8.26. The molecule has 8 heteroatoms. The fraction of sp³-hybridized carbons (Fsp3) is 0.933. The smallest absolute Gasteiger partial charge is 0.457 e. The van der Waals surface area contributed by atoms with Crippen molar-refractivity contribution in [3.05, 3.63) is 0 Å². The lowest BCUT2D eigenvalue weighted by Crippen LogP contribution is -2.42. The monoisotopic (exact) mass is 352 g/mol. The first kappa shape index (κ1) is 17.1. The number of hydrogen-bond acceptors (Lipinski definition) is 4. The Morgan fingerprint density at radius 3 is 2.17 bits per heavy atom. The number of ether oxygens (including phenoxy) is 1. The van der Waals surface area contributed by atoms with Crippen LogP contribution in [-0.4, -0.2) is 30.3 Å². The molecular formula is C15H22F2O5S. The molecule has 0 aliphatic heterocycles. The molecule has 23 heavy (non-hydrogen) atoms. The summed E-state index contributed by atoms with van der Waals surface area (Å²) < 4.78 is 60.9. The summed E-state index contributed by atoms with van der Waals surface area (Å²) in [5.41, 5.74) is 0. The van der Waals surface area contributed by atoms with Crippen LogP contribution in [0.3, 0.4) is 0 Å². The highest BCUT2D eigenvalue weighted by molar-refractivity contribution is 7.87. The number of esters is 1. The molecule has 3 rings (SSSR count). The second kappa shape index (κ2) is 5.95. The number of carbonyl (C=O) groups is 1. The number of alkyl halides is 2. The summed E-state index contributed by atoms with van der Waals surface area (Å²) in [4.78, 5) is 11.4. The van der Waals surface area contributed by atoms with Gasteiger partial charge in [0.05, 0.1) is 0 Å². The maximum atomic E-state index is 13.3. The molecule has 3 aliphatic carbocycles. The van der Waals surface area contributed by atoms with E-state index < -0.39 is 27.4 Å². The highest BCUT2D eigenvalue weighted by Crippen LogP contribution is 2.54. The summed E-state index contributed by atoms with van der Waals surface area (Å²) in [6.45, 7) is 0. The number of hydrogen-bond donors (Lipinski definition) is 1. The van der Waals surface area contributed by atoms with Crippen LogP contribution in [0, 0.1) is 23.7 Å². The number of fused-ring (bicyclic) bond motifs is 2. The van der Waals surface area contributed by atoms with Gasteiger partial charge in [-0.25, -0.2) is 4.79 Å². The Morgan fingerprint density at radius 2 is 1.65 bits per heavy atom. The largest absolute Gasteiger partial charge is 0.465 e. The van der Waals surface area contributed by atoms with Gasteiger partial charge in [-0.05, 0) is 42.9 Å². The van der Waals surface area contributed by atoms with Crippen LogP contribution in [-0.2, 0) is 19.6 Å². The standard InChI is InChI=1S/C15H22F2O5S/c16-15(17,23(19,20)21)14(18)22-13-8-10-6-11(13)7-12(10)9-4-2-1-3-5-9/h9-13H,1-8H2,(H,19,20,21). The van der Waals surface area contributed by atoms with Gasteiger partial charge in [-0.2, -0.15) is 17.2 Å². The van der Waals surface area contributed by atoms with Crippen molar-refractivity contribution in [2.45, 2.75) is 62.7 Å². The molecule has 3 fully saturated rings. The molecule has 3 aliphatic rings. The van der Waals surface area contributed by atoms with Gasteiger partial charge >= 0.3 is 21.3 Å². The topological polar surface area (TPSA) is 80.7 Å². The Labute approximate surface area is 134 Å². The van der Waals surface area contributed by atoms with Crippen LogP contribution in [0.15, 0.2) is 0 Å². The van der Waals surface area contributed by atoms with Gasteiger partial charge in [0.2, 0.25) is 0 Å². The van der Waals surface area contributed by atoms with E-state index in [0.29, 0.717) is 24.2 Å². The van der Waals surface area contributed by atoms with Gasteiger partial charge in [-0.15, -0.1) is 0 Å². The van der Waals surface area contributed by atoms with Crippen molar-refractivity contribution < 1.29 is 31.3 Å². The van der Waals surface area contributed by atoms with Crippen LogP contribution in [0.1, 0.15) is 51.4 Å². The van der Waals surface area contributed by atoms with E-state index in [1.807, 2.05) is 0 Å². The van der Waals surface area contributed by atoms with E-state index in [0.717, 1.165) is 12.8 Å². The zero-order valence-corrected chi connectivity index (χ0v) is 13.6. The average molecular weight is 352 g/mol. The van der Waals surface area contributed by atoms with E-state index in [2.05, 4.69) is 0 Å². The van der Waals surface area contributed by atoms with Crippen LogP contribution in [0.25, 0.3) is 0 Å². The minimum Gasteiger partial charge on any atom is -0.457 e. The van der Waals surface area contributed by atoms with E-state index >= 15 is 0 Å². The molecule has 5 nitrogen and oxygen atoms in total. The lowest BCUT2D eigenvalue weighted by molar-refractivity contribution is -0.170. The maximum absolute atomic E-state index is 13.3. The van der Waals surface area contributed by atoms with Crippen molar-refractivity contribution in [2.24, 2.45) is 23.7 Å². The summed E-state index contributed by atoms with van der Waals surface area (Å²) >= 11 is 0. The molecule has 0 spiro atoms. The molecule has 3 saturated carbocycles. The number of rotatable bonds is 4. The SMILES string of the molecule is O=C(OC1CC2CC1CC2C1CCCCC1)C(F)(F)S(=O)(=O)O. The number of halogens is 2. The lowest BCUT2D eigenvalue weighted by Gasteiger charge is -2.35. The Balaban J connectivity index is 1.59. The summed E-state index contributed by atoms with van der Waals surface area (Å²) in [7, 11) is -5.79. The molecule has 4 unspecified atom stereocenters.